The summed E-state index contributed by atoms with van der Waals surface area (Å²) in [6, 6.07) is 4.83. The standard InChI is InChI=1S/C13H17N3O3/c1-8(13(18)19)11(14)12(17)9(2)16-7-10-5-3-4-6-15-10/h3-6,8-9,14,16H,7H2,1-2H3,(H,18,19)/t8?,9-/m0/s1. The molecule has 0 bridgehead atoms. The summed E-state index contributed by atoms with van der Waals surface area (Å²) in [4.78, 5) is 26.7. The first-order valence-electron chi connectivity index (χ1n) is 5.92. The number of hydrogen-bond donors (Lipinski definition) is 3. The Bertz CT molecular complexity index is 473. The molecule has 1 aromatic rings. The number of carbonyl (C=O) groups is 2. The van der Waals surface area contributed by atoms with Gasteiger partial charge in [-0.15, -0.1) is 0 Å². The van der Waals surface area contributed by atoms with Crippen LogP contribution in [0.4, 0.5) is 0 Å². The minimum absolute atomic E-state index is 0.391. The van der Waals surface area contributed by atoms with Gasteiger partial charge in [0.15, 0.2) is 5.78 Å². The van der Waals surface area contributed by atoms with Crippen LogP contribution >= 0.6 is 0 Å². The lowest BCUT2D eigenvalue weighted by Crippen LogP contribution is -2.41. The van der Waals surface area contributed by atoms with Gasteiger partial charge in [-0.3, -0.25) is 14.6 Å². The van der Waals surface area contributed by atoms with Crippen molar-refractivity contribution in [3.63, 3.8) is 0 Å². The molecule has 0 aromatic carbocycles. The number of nitrogens with one attached hydrogen (secondary N) is 2. The third-order valence-corrected chi connectivity index (χ3v) is 2.78. The van der Waals surface area contributed by atoms with E-state index in [0.29, 0.717) is 6.54 Å². The highest BCUT2D eigenvalue weighted by molar-refractivity contribution is 6.43. The normalized spacial score (nSPS) is 13.6. The Morgan fingerprint density at radius 3 is 2.63 bits per heavy atom. The first-order chi connectivity index (χ1) is 8.93. The Morgan fingerprint density at radius 2 is 2.11 bits per heavy atom. The molecular weight excluding hydrogens is 246 g/mol. The lowest BCUT2D eigenvalue weighted by atomic mass is 9.98. The average Bonchev–Trinajstić information content (AvgIpc) is 2.43. The monoisotopic (exact) mass is 263 g/mol. The Balaban J connectivity index is 2.54. The molecule has 0 radical (unpaired) electrons. The molecular formula is C13H17N3O3. The summed E-state index contributed by atoms with van der Waals surface area (Å²) in [7, 11) is 0. The summed E-state index contributed by atoms with van der Waals surface area (Å²) in [5, 5.41) is 19.3. The fourth-order valence-electron chi connectivity index (χ4n) is 1.42. The number of aliphatic carboxylic acids is 1. The molecule has 3 N–H and O–H groups in total. The summed E-state index contributed by atoms with van der Waals surface area (Å²) in [5.41, 5.74) is 0.383. The number of Topliss-reactive ketones (excluding diaryl/α,β-unsaturated/α-hetero) is 1. The van der Waals surface area contributed by atoms with Crippen molar-refractivity contribution >= 4 is 17.5 Å². The van der Waals surface area contributed by atoms with Gasteiger partial charge in [-0.25, -0.2) is 0 Å². The maximum absolute atomic E-state index is 11.8. The second-order valence-electron chi connectivity index (χ2n) is 4.26. The van der Waals surface area contributed by atoms with E-state index in [-0.39, 0.29) is 0 Å². The number of carboxylic acid groups (broad SMARTS) is 1. The third kappa shape index (κ3) is 4.26. The van der Waals surface area contributed by atoms with Crippen LogP contribution in [0.15, 0.2) is 24.4 Å². The van der Waals surface area contributed by atoms with Crippen LogP contribution in [0.25, 0.3) is 0 Å². The summed E-state index contributed by atoms with van der Waals surface area (Å²) in [6.45, 7) is 3.32. The van der Waals surface area contributed by atoms with E-state index < -0.39 is 29.4 Å². The van der Waals surface area contributed by atoms with Crippen molar-refractivity contribution in [3.8, 4) is 0 Å². The molecule has 6 nitrogen and oxygen atoms in total. The SMILES string of the molecule is CC(C(=N)C(=O)[C@H](C)NCc1ccccn1)C(=O)O. The number of carboxylic acids is 1. The molecule has 0 aliphatic carbocycles. The Morgan fingerprint density at radius 1 is 1.42 bits per heavy atom. The van der Waals surface area contributed by atoms with Gasteiger partial charge in [0, 0.05) is 12.7 Å². The van der Waals surface area contributed by atoms with E-state index in [1.165, 1.54) is 6.92 Å². The van der Waals surface area contributed by atoms with Crippen LogP contribution in [0.5, 0.6) is 0 Å². The molecule has 0 saturated heterocycles. The third-order valence-electron chi connectivity index (χ3n) is 2.78. The van der Waals surface area contributed by atoms with Crippen molar-refractivity contribution in [2.45, 2.75) is 26.4 Å². The first kappa shape index (κ1) is 15.0. The van der Waals surface area contributed by atoms with E-state index in [2.05, 4.69) is 10.3 Å². The molecule has 0 spiro atoms. The molecule has 0 saturated carbocycles. The lowest BCUT2D eigenvalue weighted by molar-refractivity contribution is -0.139. The molecule has 1 rings (SSSR count). The summed E-state index contributed by atoms with van der Waals surface area (Å²) < 4.78 is 0. The fourth-order valence-corrected chi connectivity index (χ4v) is 1.42. The predicted molar refractivity (Wildman–Crippen MR) is 70.1 cm³/mol. The van der Waals surface area contributed by atoms with E-state index in [1.807, 2.05) is 12.1 Å². The van der Waals surface area contributed by atoms with Crippen LogP contribution in [-0.2, 0) is 16.1 Å². The van der Waals surface area contributed by atoms with Crippen molar-refractivity contribution in [2.24, 2.45) is 5.92 Å². The quantitative estimate of drug-likeness (QED) is 0.633. The number of rotatable bonds is 7. The van der Waals surface area contributed by atoms with Crippen LogP contribution in [0.3, 0.4) is 0 Å². The molecule has 0 aliphatic rings. The molecule has 1 heterocycles. The van der Waals surface area contributed by atoms with Crippen molar-refractivity contribution in [3.05, 3.63) is 30.1 Å². The van der Waals surface area contributed by atoms with E-state index in [1.54, 1.807) is 19.2 Å². The van der Waals surface area contributed by atoms with Crippen molar-refractivity contribution in [1.29, 1.82) is 5.41 Å². The smallest absolute Gasteiger partial charge is 0.312 e. The summed E-state index contributed by atoms with van der Waals surface area (Å²) in [6.07, 6.45) is 1.65. The number of ketones is 1. The van der Waals surface area contributed by atoms with E-state index in [0.717, 1.165) is 5.69 Å². The topological polar surface area (TPSA) is 103 Å². The van der Waals surface area contributed by atoms with Gasteiger partial charge in [-0.05, 0) is 26.0 Å². The number of aromatic nitrogens is 1. The van der Waals surface area contributed by atoms with Crippen LogP contribution in [0.1, 0.15) is 19.5 Å². The average molecular weight is 263 g/mol. The van der Waals surface area contributed by atoms with Crippen molar-refractivity contribution in [1.82, 2.24) is 10.3 Å². The fraction of sp³-hybridized carbons (Fsp3) is 0.385. The summed E-state index contributed by atoms with van der Waals surface area (Å²) >= 11 is 0. The molecule has 6 heteroatoms. The van der Waals surface area contributed by atoms with E-state index in [9.17, 15) is 9.59 Å². The highest BCUT2D eigenvalue weighted by Gasteiger charge is 2.26. The molecule has 0 fully saturated rings. The van der Waals surface area contributed by atoms with Gasteiger partial charge < -0.3 is 15.8 Å². The maximum atomic E-state index is 11.8. The largest absolute Gasteiger partial charge is 0.481 e. The number of pyridine rings is 1. The molecule has 19 heavy (non-hydrogen) atoms. The van der Waals surface area contributed by atoms with Crippen molar-refractivity contribution < 1.29 is 14.7 Å². The number of nitrogens with zero attached hydrogens (tertiary/aromatic N) is 1. The number of hydrogen-bond acceptors (Lipinski definition) is 5. The second-order valence-corrected chi connectivity index (χ2v) is 4.26. The molecule has 0 aliphatic heterocycles. The zero-order chi connectivity index (χ0) is 14.4. The van der Waals surface area contributed by atoms with Crippen LogP contribution in [0, 0.1) is 11.3 Å². The Kier molecular flexibility index (Phi) is 5.32. The molecule has 102 valence electrons. The highest BCUT2D eigenvalue weighted by atomic mass is 16.4. The Hall–Kier alpha value is -2.08. The van der Waals surface area contributed by atoms with Gasteiger partial charge in [0.05, 0.1) is 23.4 Å². The van der Waals surface area contributed by atoms with Crippen LogP contribution in [-0.4, -0.2) is 33.6 Å². The zero-order valence-corrected chi connectivity index (χ0v) is 10.9. The number of carbonyl (C=O) groups excluding carboxylic acids is 1. The molecule has 0 amide bonds. The van der Waals surface area contributed by atoms with Crippen LogP contribution < -0.4 is 5.32 Å². The molecule has 2 atom stereocenters. The first-order valence-corrected chi connectivity index (χ1v) is 5.92. The zero-order valence-electron chi connectivity index (χ0n) is 10.9. The lowest BCUT2D eigenvalue weighted by Gasteiger charge is -2.14. The van der Waals surface area contributed by atoms with Gasteiger partial charge in [-0.2, -0.15) is 0 Å². The summed E-state index contributed by atoms with van der Waals surface area (Å²) in [5.74, 6) is -2.77. The minimum Gasteiger partial charge on any atom is -0.481 e. The van der Waals surface area contributed by atoms with Gasteiger partial charge in [0.2, 0.25) is 0 Å². The highest BCUT2D eigenvalue weighted by Crippen LogP contribution is 2.02. The van der Waals surface area contributed by atoms with Gasteiger partial charge in [0.25, 0.3) is 0 Å². The van der Waals surface area contributed by atoms with Crippen LogP contribution in [0.2, 0.25) is 0 Å². The Labute approximate surface area is 111 Å². The predicted octanol–water partition coefficient (Wildman–Crippen LogP) is 0.869. The minimum atomic E-state index is -1.17. The van der Waals surface area contributed by atoms with Gasteiger partial charge in [0.1, 0.15) is 0 Å². The van der Waals surface area contributed by atoms with Gasteiger partial charge >= 0.3 is 5.97 Å². The van der Waals surface area contributed by atoms with E-state index >= 15 is 0 Å². The molecule has 1 aromatic heterocycles. The maximum Gasteiger partial charge on any atom is 0.312 e. The second kappa shape index (κ2) is 6.75. The van der Waals surface area contributed by atoms with Crippen molar-refractivity contribution in [2.75, 3.05) is 0 Å². The van der Waals surface area contributed by atoms with Gasteiger partial charge in [-0.1, -0.05) is 6.07 Å². The van der Waals surface area contributed by atoms with E-state index in [4.69, 9.17) is 10.5 Å². The molecule has 1 unspecified atom stereocenters.